The van der Waals surface area contributed by atoms with E-state index < -0.39 is 0 Å². The lowest BCUT2D eigenvalue weighted by molar-refractivity contribution is -0.122. The Morgan fingerprint density at radius 2 is 2.21 bits per heavy atom. The van der Waals surface area contributed by atoms with Crippen LogP contribution in [0.5, 0.6) is 0 Å². The van der Waals surface area contributed by atoms with Crippen LogP contribution >= 0.6 is 0 Å². The fourth-order valence-corrected chi connectivity index (χ4v) is 3.23. The third-order valence-electron chi connectivity index (χ3n) is 4.45. The van der Waals surface area contributed by atoms with Crippen LogP contribution in [0, 0.1) is 13.8 Å². The summed E-state index contributed by atoms with van der Waals surface area (Å²) in [6.07, 6.45) is 2.21. The molecule has 1 amide bonds. The van der Waals surface area contributed by atoms with Gasteiger partial charge in [-0.3, -0.25) is 9.48 Å². The summed E-state index contributed by atoms with van der Waals surface area (Å²) < 4.78 is 7.78. The molecule has 5 nitrogen and oxygen atoms in total. The third kappa shape index (κ3) is 4.03. The summed E-state index contributed by atoms with van der Waals surface area (Å²) in [5.41, 5.74) is 4.68. The number of nitrogens with zero attached hydrogens (tertiary/aromatic N) is 2. The van der Waals surface area contributed by atoms with Crippen molar-refractivity contribution in [2.75, 3.05) is 13.2 Å². The number of amides is 1. The first kappa shape index (κ1) is 16.7. The summed E-state index contributed by atoms with van der Waals surface area (Å²) in [7, 11) is 0. The van der Waals surface area contributed by atoms with Gasteiger partial charge in [0.2, 0.25) is 5.91 Å². The number of carbonyl (C=O) groups is 1. The zero-order chi connectivity index (χ0) is 16.9. The number of carbonyl (C=O) groups excluding carboxylic acids is 1. The van der Waals surface area contributed by atoms with E-state index in [-0.39, 0.29) is 12.0 Å². The van der Waals surface area contributed by atoms with E-state index in [2.05, 4.69) is 34.7 Å². The van der Waals surface area contributed by atoms with Gasteiger partial charge in [-0.05, 0) is 43.9 Å². The number of benzene rings is 1. The highest BCUT2D eigenvalue weighted by atomic mass is 16.5. The van der Waals surface area contributed by atoms with Gasteiger partial charge in [-0.15, -0.1) is 0 Å². The number of aryl methyl sites for hydroxylation is 3. The molecular formula is C19H25N3O2. The molecule has 5 heteroatoms. The minimum Gasteiger partial charge on any atom is -0.371 e. The first-order valence-electron chi connectivity index (χ1n) is 8.60. The van der Waals surface area contributed by atoms with Gasteiger partial charge in [-0.2, -0.15) is 5.10 Å². The fourth-order valence-electron chi connectivity index (χ4n) is 3.23. The van der Waals surface area contributed by atoms with Gasteiger partial charge in [0.1, 0.15) is 6.10 Å². The average molecular weight is 327 g/mol. The molecule has 1 N–H and O–H groups in total. The van der Waals surface area contributed by atoms with E-state index in [1.165, 1.54) is 11.1 Å². The molecule has 1 aliphatic heterocycles. The molecule has 0 saturated carbocycles. The molecule has 0 fully saturated rings. The lowest BCUT2D eigenvalue weighted by atomic mass is 9.97. The largest absolute Gasteiger partial charge is 0.371 e. The molecule has 24 heavy (non-hydrogen) atoms. The third-order valence-corrected chi connectivity index (χ3v) is 4.45. The Labute approximate surface area is 143 Å². The summed E-state index contributed by atoms with van der Waals surface area (Å²) in [5, 5.41) is 7.42. The standard InChI is InChI=1S/C19H25N3O2/c1-14-12-15(2)22(21-14)10-5-8-19(23)20-13-18-17-7-4-3-6-16(17)9-11-24-18/h3-4,6-7,12,18H,5,8-11,13H2,1-2H3,(H,20,23)/t18-/m1/s1. The Bertz CT molecular complexity index is 708. The van der Waals surface area contributed by atoms with Gasteiger partial charge < -0.3 is 10.1 Å². The van der Waals surface area contributed by atoms with E-state index in [9.17, 15) is 4.79 Å². The van der Waals surface area contributed by atoms with Crippen LogP contribution in [-0.2, 0) is 22.5 Å². The van der Waals surface area contributed by atoms with Crippen LogP contribution in [-0.4, -0.2) is 28.8 Å². The minimum absolute atomic E-state index is 0.0325. The van der Waals surface area contributed by atoms with Crippen molar-refractivity contribution in [2.45, 2.75) is 45.8 Å². The number of fused-ring (bicyclic) bond motifs is 1. The van der Waals surface area contributed by atoms with Crippen LogP contribution < -0.4 is 5.32 Å². The van der Waals surface area contributed by atoms with E-state index in [0.717, 1.165) is 37.4 Å². The minimum atomic E-state index is -0.0325. The summed E-state index contributed by atoms with van der Waals surface area (Å²) in [6, 6.07) is 10.4. The number of ether oxygens (including phenoxy) is 1. The normalized spacial score (nSPS) is 16.7. The highest BCUT2D eigenvalue weighted by Gasteiger charge is 2.20. The predicted molar refractivity (Wildman–Crippen MR) is 92.8 cm³/mol. The summed E-state index contributed by atoms with van der Waals surface area (Å²) >= 11 is 0. The smallest absolute Gasteiger partial charge is 0.220 e. The topological polar surface area (TPSA) is 56.2 Å². The first-order valence-corrected chi connectivity index (χ1v) is 8.60. The number of nitrogens with one attached hydrogen (secondary N) is 1. The van der Waals surface area contributed by atoms with Gasteiger partial charge in [0, 0.05) is 25.2 Å². The van der Waals surface area contributed by atoms with Crippen LogP contribution in [0.1, 0.15) is 41.5 Å². The van der Waals surface area contributed by atoms with Crippen molar-refractivity contribution in [1.82, 2.24) is 15.1 Å². The van der Waals surface area contributed by atoms with E-state index in [0.29, 0.717) is 13.0 Å². The summed E-state index contributed by atoms with van der Waals surface area (Å²) in [6.45, 7) is 6.05. The molecule has 3 rings (SSSR count). The molecular weight excluding hydrogens is 302 g/mol. The maximum atomic E-state index is 12.1. The Kier molecular flexibility index (Phi) is 5.30. The van der Waals surface area contributed by atoms with Crippen molar-refractivity contribution >= 4 is 5.91 Å². The van der Waals surface area contributed by atoms with Gasteiger partial charge in [-0.25, -0.2) is 0 Å². The monoisotopic (exact) mass is 327 g/mol. The highest BCUT2D eigenvalue weighted by molar-refractivity contribution is 5.75. The summed E-state index contributed by atoms with van der Waals surface area (Å²) in [5.74, 6) is 0.0724. The van der Waals surface area contributed by atoms with Crippen LogP contribution in [0.3, 0.4) is 0 Å². The van der Waals surface area contributed by atoms with Crippen molar-refractivity contribution in [3.8, 4) is 0 Å². The molecule has 0 aliphatic carbocycles. The Morgan fingerprint density at radius 1 is 1.38 bits per heavy atom. The van der Waals surface area contributed by atoms with Crippen LogP contribution in [0.2, 0.25) is 0 Å². The molecule has 1 aliphatic rings. The fraction of sp³-hybridized carbons (Fsp3) is 0.474. The van der Waals surface area contributed by atoms with E-state index in [1.807, 2.05) is 24.6 Å². The molecule has 1 aromatic heterocycles. The molecule has 0 spiro atoms. The molecule has 2 aromatic rings. The predicted octanol–water partition coefficient (Wildman–Crippen LogP) is 2.71. The SMILES string of the molecule is Cc1cc(C)n(CCCC(=O)NC[C@H]2OCCc3ccccc32)n1. The number of aromatic nitrogens is 2. The number of hydrogen-bond acceptors (Lipinski definition) is 3. The van der Waals surface area contributed by atoms with Crippen molar-refractivity contribution in [1.29, 1.82) is 0 Å². The van der Waals surface area contributed by atoms with Gasteiger partial charge in [-0.1, -0.05) is 24.3 Å². The molecule has 0 unspecified atom stereocenters. The maximum Gasteiger partial charge on any atom is 0.220 e. The molecule has 2 heterocycles. The van der Waals surface area contributed by atoms with E-state index >= 15 is 0 Å². The first-order chi connectivity index (χ1) is 11.6. The Hall–Kier alpha value is -2.14. The quantitative estimate of drug-likeness (QED) is 0.887. The van der Waals surface area contributed by atoms with Gasteiger partial charge in [0.25, 0.3) is 0 Å². The van der Waals surface area contributed by atoms with Crippen LogP contribution in [0.15, 0.2) is 30.3 Å². The molecule has 128 valence electrons. The van der Waals surface area contributed by atoms with Crippen molar-refractivity contribution in [3.63, 3.8) is 0 Å². The lowest BCUT2D eigenvalue weighted by Crippen LogP contribution is -2.31. The number of hydrogen-bond donors (Lipinski definition) is 1. The average Bonchev–Trinajstić information content (AvgIpc) is 2.90. The lowest BCUT2D eigenvalue weighted by Gasteiger charge is -2.26. The van der Waals surface area contributed by atoms with Crippen molar-refractivity contribution in [3.05, 3.63) is 52.8 Å². The highest BCUT2D eigenvalue weighted by Crippen LogP contribution is 2.26. The van der Waals surface area contributed by atoms with Crippen molar-refractivity contribution in [2.24, 2.45) is 0 Å². The van der Waals surface area contributed by atoms with Gasteiger partial charge >= 0.3 is 0 Å². The molecule has 0 saturated heterocycles. The zero-order valence-corrected chi connectivity index (χ0v) is 14.4. The maximum absolute atomic E-state index is 12.1. The second-order valence-corrected chi connectivity index (χ2v) is 6.37. The van der Waals surface area contributed by atoms with Crippen LogP contribution in [0.4, 0.5) is 0 Å². The van der Waals surface area contributed by atoms with Crippen LogP contribution in [0.25, 0.3) is 0 Å². The molecule has 0 bridgehead atoms. The van der Waals surface area contributed by atoms with Gasteiger partial charge in [0.05, 0.1) is 12.3 Å². The molecule has 1 atom stereocenters. The van der Waals surface area contributed by atoms with Crippen molar-refractivity contribution < 1.29 is 9.53 Å². The van der Waals surface area contributed by atoms with E-state index in [4.69, 9.17) is 4.74 Å². The summed E-state index contributed by atoms with van der Waals surface area (Å²) in [4.78, 5) is 12.1. The molecule has 1 aromatic carbocycles. The number of rotatable bonds is 6. The zero-order valence-electron chi connectivity index (χ0n) is 14.4. The van der Waals surface area contributed by atoms with E-state index in [1.54, 1.807) is 0 Å². The Morgan fingerprint density at radius 3 is 3.00 bits per heavy atom. The van der Waals surface area contributed by atoms with Gasteiger partial charge in [0.15, 0.2) is 0 Å². The second kappa shape index (κ2) is 7.62. The molecule has 0 radical (unpaired) electrons. The second-order valence-electron chi connectivity index (χ2n) is 6.37. The Balaban J connectivity index is 1.44.